The fourth-order valence-corrected chi connectivity index (χ4v) is 24.8. The molecular weight excluding hydrogens is 467 g/mol. The molecule has 2 aliphatic rings. The summed E-state index contributed by atoms with van der Waals surface area (Å²) in [5.74, 6) is 0.549. The predicted molar refractivity (Wildman–Crippen MR) is 128 cm³/mol. The maximum atomic E-state index is 6.90. The second-order valence-electron chi connectivity index (χ2n) is 10.0. The molecule has 0 fully saturated rings. The fourth-order valence-electron chi connectivity index (χ4n) is 5.89. The second kappa shape index (κ2) is 7.04. The minimum atomic E-state index is -3.41. The van der Waals surface area contributed by atoms with Gasteiger partial charge in [0.25, 0.3) is 0 Å². The van der Waals surface area contributed by atoms with Crippen LogP contribution in [0.4, 0.5) is 0 Å². The van der Waals surface area contributed by atoms with Crippen LogP contribution in [0.3, 0.4) is 0 Å². The first-order chi connectivity index (χ1) is 13.5. The Kier molecular flexibility index (Phi) is 5.17. The van der Waals surface area contributed by atoms with Gasteiger partial charge >= 0.3 is 184 Å². The van der Waals surface area contributed by atoms with Gasteiger partial charge in [0.2, 0.25) is 0 Å². The molecule has 4 rings (SSSR count). The zero-order chi connectivity index (χ0) is 21.2. The number of hydrogen-bond acceptors (Lipinski definition) is 0. The molecule has 2 atom stereocenters. The molecule has 29 heavy (non-hydrogen) atoms. The Morgan fingerprint density at radius 1 is 0.897 bits per heavy atom. The van der Waals surface area contributed by atoms with E-state index >= 15 is 0 Å². The third kappa shape index (κ3) is 3.18. The van der Waals surface area contributed by atoms with Crippen molar-refractivity contribution in [1.82, 2.24) is 0 Å². The predicted octanol–water partition coefficient (Wildman–Crippen LogP) is 7.42. The van der Waals surface area contributed by atoms with Crippen LogP contribution < -0.4 is 0 Å². The van der Waals surface area contributed by atoms with E-state index in [4.69, 9.17) is 11.6 Å². The number of hydrogen-bond donors (Lipinski definition) is 0. The minimum absolute atomic E-state index is 0.430. The van der Waals surface area contributed by atoms with E-state index in [2.05, 4.69) is 98.4 Å². The summed E-state index contributed by atoms with van der Waals surface area (Å²) in [6.07, 6.45) is 2.57. The Balaban J connectivity index is 1.98. The van der Waals surface area contributed by atoms with E-state index < -0.39 is 17.4 Å². The van der Waals surface area contributed by atoms with Crippen LogP contribution in [0.25, 0.3) is 5.57 Å². The van der Waals surface area contributed by atoms with E-state index in [1.807, 2.05) is 0 Å². The van der Waals surface area contributed by atoms with Gasteiger partial charge in [-0.1, -0.05) is 0 Å². The first kappa shape index (κ1) is 21.3. The molecule has 2 unspecified atom stereocenters. The summed E-state index contributed by atoms with van der Waals surface area (Å²) >= 11 is 3.49. The van der Waals surface area contributed by atoms with Crippen LogP contribution in [0, 0.1) is 5.92 Å². The molecule has 2 aliphatic carbocycles. The van der Waals surface area contributed by atoms with Gasteiger partial charge in [-0.2, -0.15) is 0 Å². The summed E-state index contributed by atoms with van der Waals surface area (Å²) in [5, 5.41) is 0.927. The van der Waals surface area contributed by atoms with Crippen molar-refractivity contribution in [1.29, 1.82) is 0 Å². The van der Waals surface area contributed by atoms with E-state index in [1.54, 1.807) is 14.4 Å². The van der Waals surface area contributed by atoms with Crippen molar-refractivity contribution in [2.75, 3.05) is 0 Å². The number of fused-ring (bicyclic) bond motifs is 1. The topological polar surface area (TPSA) is 0 Å². The molecule has 0 spiro atoms. The van der Waals surface area contributed by atoms with Crippen LogP contribution in [0.15, 0.2) is 74.6 Å². The van der Waals surface area contributed by atoms with Gasteiger partial charge in [-0.15, -0.1) is 0 Å². The summed E-state index contributed by atoms with van der Waals surface area (Å²) in [6, 6.07) is 17.3. The van der Waals surface area contributed by atoms with Crippen LogP contribution in [0.2, 0.25) is 14.3 Å². The molecule has 0 nitrogen and oxygen atoms in total. The Bertz CT molecular complexity index is 1170. The Morgan fingerprint density at radius 3 is 2.14 bits per heavy atom. The van der Waals surface area contributed by atoms with E-state index in [0.29, 0.717) is 9.54 Å². The van der Waals surface area contributed by atoms with Gasteiger partial charge < -0.3 is 0 Å². The summed E-state index contributed by atoms with van der Waals surface area (Å²) in [5.41, 5.74) is 9.96. The summed E-state index contributed by atoms with van der Waals surface area (Å²) in [4.78, 5) is 0. The molecule has 0 bridgehead atoms. The van der Waals surface area contributed by atoms with Crippen LogP contribution >= 0.6 is 11.6 Å². The van der Waals surface area contributed by atoms with E-state index in [1.165, 1.54) is 27.8 Å². The number of allylic oxidation sites excluding steroid dienone is 5. The molecule has 2 aromatic carbocycles. The first-order valence-electron chi connectivity index (χ1n) is 10.6. The number of benzene rings is 2. The quantitative estimate of drug-likeness (QED) is 0.387. The normalized spacial score (nSPS) is 22.3. The van der Waals surface area contributed by atoms with Gasteiger partial charge in [0.05, 0.1) is 0 Å². The summed E-state index contributed by atoms with van der Waals surface area (Å²) in [6.45, 7) is 11.8. The average Bonchev–Trinajstić information content (AvgIpc) is 3.17. The monoisotopic (exact) mass is 496 g/mol. The molecule has 0 aliphatic heterocycles. The van der Waals surface area contributed by atoms with Gasteiger partial charge in [0.1, 0.15) is 0 Å². The van der Waals surface area contributed by atoms with Gasteiger partial charge in [-0.25, -0.2) is 0 Å². The molecule has 0 aromatic heterocycles. The number of halogens is 1. The van der Waals surface area contributed by atoms with E-state index in [-0.39, 0.29) is 0 Å². The summed E-state index contributed by atoms with van der Waals surface area (Å²) < 4.78 is 7.48. The van der Waals surface area contributed by atoms with Crippen molar-refractivity contribution in [2.45, 2.75) is 40.6 Å². The molecule has 2 aromatic rings. The van der Waals surface area contributed by atoms with Gasteiger partial charge in [-0.05, 0) is 0 Å². The molecule has 0 N–H and O–H groups in total. The molecule has 0 saturated carbocycles. The van der Waals surface area contributed by atoms with E-state index in [9.17, 15) is 0 Å². The van der Waals surface area contributed by atoms with Crippen LogP contribution in [-0.2, 0) is 17.4 Å². The third-order valence-electron chi connectivity index (χ3n) is 7.59. The zero-order valence-corrected chi connectivity index (χ0v) is 23.1. The van der Waals surface area contributed by atoms with Crippen molar-refractivity contribution in [2.24, 2.45) is 5.92 Å². The molecule has 0 saturated heterocycles. The van der Waals surface area contributed by atoms with Crippen LogP contribution in [0.5, 0.6) is 0 Å². The second-order valence-corrected chi connectivity index (χ2v) is 39.9. The molecule has 3 heteroatoms. The Labute approximate surface area is 183 Å². The van der Waals surface area contributed by atoms with Crippen molar-refractivity contribution in [3.63, 3.8) is 0 Å². The first-order valence-corrected chi connectivity index (χ1v) is 24.4. The van der Waals surface area contributed by atoms with Gasteiger partial charge in [0, 0.05) is 0 Å². The summed E-state index contributed by atoms with van der Waals surface area (Å²) in [7, 11) is 0. The van der Waals surface area contributed by atoms with Crippen molar-refractivity contribution in [3.8, 4) is 0 Å². The Hall–Kier alpha value is -0.950. The van der Waals surface area contributed by atoms with Crippen molar-refractivity contribution in [3.05, 3.63) is 96.3 Å². The molecular formula is C26H31ClSiZr. The fraction of sp³-hybridized carbons (Fsp3) is 0.308. The van der Waals surface area contributed by atoms with Crippen LogP contribution in [-0.4, -0.2) is 6.88 Å². The maximum absolute atomic E-state index is 6.90. The Morgan fingerprint density at radius 2 is 1.55 bits per heavy atom. The van der Waals surface area contributed by atoms with Gasteiger partial charge in [0.15, 0.2) is 0 Å². The van der Waals surface area contributed by atoms with Gasteiger partial charge in [-0.3, -0.25) is 0 Å². The van der Waals surface area contributed by atoms with Crippen molar-refractivity contribution >= 4 is 24.1 Å². The third-order valence-corrected chi connectivity index (χ3v) is 25.1. The molecule has 0 heterocycles. The number of rotatable bonds is 3. The molecule has 0 radical (unpaired) electrons. The van der Waals surface area contributed by atoms with Crippen LogP contribution in [0.1, 0.15) is 48.0 Å². The SMILES string of the molecule is CC1=C(C)C(C)[C]([Zr]([CH3])([CH3])(=[SiH2])[CH]2C=C(c3ccccc3)c3cccc(Cl)c32)=C1C. The molecule has 0 amide bonds. The zero-order valence-electron chi connectivity index (χ0n) is 18.4. The average molecular weight is 498 g/mol. The molecule has 150 valence electrons. The van der Waals surface area contributed by atoms with Crippen molar-refractivity contribution < 1.29 is 17.4 Å². The standard InChI is InChI=1S/C15H10Cl.C9H13.2CH3.H2Si.Zr/c16-15-8-4-7-13-12(9-10-14(13)15)11-5-2-1-3-6-11;1-6-5-7(2)9(4)8(6)3;;;;/h1-10H;6H,1-4H3;2*1H3;1H2;. The van der Waals surface area contributed by atoms with E-state index in [0.717, 1.165) is 5.02 Å².